The van der Waals surface area contributed by atoms with E-state index in [1.165, 1.54) is 11.8 Å². The second-order valence-electron chi connectivity index (χ2n) is 6.94. The van der Waals surface area contributed by atoms with E-state index in [2.05, 4.69) is 27.6 Å². The van der Waals surface area contributed by atoms with E-state index in [0.717, 1.165) is 22.8 Å². The molecule has 1 amide bonds. The van der Waals surface area contributed by atoms with Gasteiger partial charge in [-0.1, -0.05) is 53.7 Å². The molecule has 162 valence electrons. The number of carbonyl (C=O) groups is 1. The average molecular weight is 465 g/mol. The molecule has 32 heavy (non-hydrogen) atoms. The number of hydrogen-bond acceptors (Lipinski definition) is 5. The van der Waals surface area contributed by atoms with Crippen LogP contribution in [0.4, 0.5) is 5.69 Å². The highest BCUT2D eigenvalue weighted by Gasteiger charge is 2.16. The summed E-state index contributed by atoms with van der Waals surface area (Å²) in [5, 5.41) is 12.9. The van der Waals surface area contributed by atoms with E-state index in [0.29, 0.717) is 22.3 Å². The van der Waals surface area contributed by atoms with Crippen molar-refractivity contribution in [1.82, 2.24) is 14.8 Å². The monoisotopic (exact) mass is 464 g/mol. The van der Waals surface area contributed by atoms with Crippen molar-refractivity contribution in [2.24, 2.45) is 0 Å². The first-order valence-electron chi connectivity index (χ1n) is 9.93. The lowest BCUT2D eigenvalue weighted by Gasteiger charge is -2.11. The number of hydrogen-bond donors (Lipinski definition) is 1. The molecule has 0 atom stereocenters. The average Bonchev–Trinajstić information content (AvgIpc) is 3.21. The number of thioether (sulfide) groups is 1. The summed E-state index contributed by atoms with van der Waals surface area (Å²) in [7, 11) is 1.60. The van der Waals surface area contributed by atoms with Crippen LogP contribution in [0.25, 0.3) is 5.69 Å². The third-order valence-electron chi connectivity index (χ3n) is 4.70. The summed E-state index contributed by atoms with van der Waals surface area (Å²) < 4.78 is 7.11. The Kier molecular flexibility index (Phi) is 7.09. The van der Waals surface area contributed by atoms with E-state index in [1.807, 2.05) is 47.0 Å². The summed E-state index contributed by atoms with van der Waals surface area (Å²) in [6.07, 6.45) is 0.620. The molecule has 6 nitrogen and oxygen atoms in total. The number of ether oxygens (including phenoxy) is 1. The summed E-state index contributed by atoms with van der Waals surface area (Å²) >= 11 is 7.41. The molecule has 0 unspecified atom stereocenters. The predicted octanol–water partition coefficient (Wildman–Crippen LogP) is 5.25. The summed E-state index contributed by atoms with van der Waals surface area (Å²) in [5.74, 6) is 1.59. The third kappa shape index (κ3) is 5.49. The zero-order valence-electron chi connectivity index (χ0n) is 17.4. The number of nitrogens with zero attached hydrogens (tertiary/aromatic N) is 3. The Labute approximate surface area is 195 Å². The third-order valence-corrected chi connectivity index (χ3v) is 5.88. The standard InChI is InChI=1S/C24H21ClN4O2S/c1-31-21-13-9-19(10-14-21)26-23(30)16-32-24-28-27-22(15-17-5-3-2-4-6-17)29(24)20-11-7-18(25)8-12-20/h2-14H,15-16H2,1H3,(H,26,30). The predicted molar refractivity (Wildman–Crippen MR) is 128 cm³/mol. The molecular formula is C24H21ClN4O2S. The molecule has 0 radical (unpaired) electrons. The number of aromatic nitrogens is 3. The van der Waals surface area contributed by atoms with Gasteiger partial charge in [0, 0.05) is 22.8 Å². The van der Waals surface area contributed by atoms with Crippen LogP contribution < -0.4 is 10.1 Å². The number of amides is 1. The second kappa shape index (κ2) is 10.3. The van der Waals surface area contributed by atoms with Crippen molar-refractivity contribution in [2.45, 2.75) is 11.6 Å². The van der Waals surface area contributed by atoms with E-state index in [-0.39, 0.29) is 11.7 Å². The summed E-state index contributed by atoms with van der Waals surface area (Å²) in [5.41, 5.74) is 2.73. The number of benzene rings is 3. The van der Waals surface area contributed by atoms with E-state index in [1.54, 1.807) is 31.4 Å². The Morgan fingerprint density at radius 3 is 2.41 bits per heavy atom. The maximum Gasteiger partial charge on any atom is 0.234 e. The first-order valence-corrected chi connectivity index (χ1v) is 11.3. The molecule has 1 heterocycles. The van der Waals surface area contributed by atoms with Crippen LogP contribution in [-0.2, 0) is 11.2 Å². The minimum absolute atomic E-state index is 0.129. The summed E-state index contributed by atoms with van der Waals surface area (Å²) in [6, 6.07) is 24.8. The van der Waals surface area contributed by atoms with Crippen LogP contribution in [0.15, 0.2) is 84.0 Å². The number of methoxy groups -OCH3 is 1. The fourth-order valence-corrected chi connectivity index (χ4v) is 4.03. The van der Waals surface area contributed by atoms with E-state index < -0.39 is 0 Å². The quantitative estimate of drug-likeness (QED) is 0.360. The molecule has 0 aliphatic carbocycles. The van der Waals surface area contributed by atoms with Crippen LogP contribution in [0.3, 0.4) is 0 Å². The highest BCUT2D eigenvalue weighted by Crippen LogP contribution is 2.25. The first kappa shape index (κ1) is 21.9. The van der Waals surface area contributed by atoms with Gasteiger partial charge in [0.25, 0.3) is 0 Å². The van der Waals surface area contributed by atoms with Crippen molar-refractivity contribution >= 4 is 35.0 Å². The zero-order valence-corrected chi connectivity index (χ0v) is 18.9. The lowest BCUT2D eigenvalue weighted by Crippen LogP contribution is -2.14. The summed E-state index contributed by atoms with van der Waals surface area (Å²) in [4.78, 5) is 12.5. The number of carbonyl (C=O) groups excluding carboxylic acids is 1. The molecule has 0 aliphatic rings. The van der Waals surface area contributed by atoms with Crippen molar-refractivity contribution < 1.29 is 9.53 Å². The SMILES string of the molecule is COc1ccc(NC(=O)CSc2nnc(Cc3ccccc3)n2-c2ccc(Cl)cc2)cc1. The molecule has 0 aliphatic heterocycles. The molecule has 1 aromatic heterocycles. The highest BCUT2D eigenvalue weighted by molar-refractivity contribution is 7.99. The Morgan fingerprint density at radius 2 is 1.72 bits per heavy atom. The maximum absolute atomic E-state index is 12.5. The Hall–Kier alpha value is -3.29. The van der Waals surface area contributed by atoms with Crippen molar-refractivity contribution in [3.05, 3.63) is 95.3 Å². The summed E-state index contributed by atoms with van der Waals surface area (Å²) in [6.45, 7) is 0. The Balaban J connectivity index is 1.52. The van der Waals surface area contributed by atoms with Gasteiger partial charge in [-0.3, -0.25) is 9.36 Å². The van der Waals surface area contributed by atoms with Crippen LogP contribution in [-0.4, -0.2) is 33.5 Å². The molecule has 8 heteroatoms. The highest BCUT2D eigenvalue weighted by atomic mass is 35.5. The van der Waals surface area contributed by atoms with E-state index in [9.17, 15) is 4.79 Å². The topological polar surface area (TPSA) is 69.0 Å². The zero-order chi connectivity index (χ0) is 22.3. The van der Waals surface area contributed by atoms with Crippen molar-refractivity contribution in [2.75, 3.05) is 18.2 Å². The van der Waals surface area contributed by atoms with Crippen LogP contribution in [0.5, 0.6) is 5.75 Å². The molecule has 0 bridgehead atoms. The molecule has 0 saturated carbocycles. The normalized spacial score (nSPS) is 10.7. The van der Waals surface area contributed by atoms with Gasteiger partial charge in [-0.05, 0) is 54.1 Å². The molecular weight excluding hydrogens is 444 g/mol. The first-order chi connectivity index (χ1) is 15.6. The van der Waals surface area contributed by atoms with Gasteiger partial charge in [-0.2, -0.15) is 0 Å². The fourth-order valence-electron chi connectivity index (χ4n) is 3.14. The van der Waals surface area contributed by atoms with Gasteiger partial charge in [0.1, 0.15) is 11.6 Å². The number of rotatable bonds is 8. The van der Waals surface area contributed by atoms with E-state index in [4.69, 9.17) is 16.3 Å². The fraction of sp³-hybridized carbons (Fsp3) is 0.125. The van der Waals surface area contributed by atoms with Crippen LogP contribution in [0, 0.1) is 0 Å². The van der Waals surface area contributed by atoms with Crippen LogP contribution >= 0.6 is 23.4 Å². The van der Waals surface area contributed by atoms with Gasteiger partial charge < -0.3 is 10.1 Å². The minimum Gasteiger partial charge on any atom is -0.497 e. The molecule has 4 aromatic rings. The Morgan fingerprint density at radius 1 is 1.00 bits per heavy atom. The van der Waals surface area contributed by atoms with Crippen LogP contribution in [0.2, 0.25) is 5.02 Å². The number of halogens is 1. The lowest BCUT2D eigenvalue weighted by molar-refractivity contribution is -0.113. The van der Waals surface area contributed by atoms with Crippen LogP contribution in [0.1, 0.15) is 11.4 Å². The Bertz CT molecular complexity index is 1180. The molecule has 0 fully saturated rings. The number of nitrogens with one attached hydrogen (secondary N) is 1. The van der Waals surface area contributed by atoms with Gasteiger partial charge in [0.05, 0.1) is 12.9 Å². The van der Waals surface area contributed by atoms with Gasteiger partial charge in [-0.15, -0.1) is 10.2 Å². The van der Waals surface area contributed by atoms with Crippen molar-refractivity contribution in [3.8, 4) is 11.4 Å². The second-order valence-corrected chi connectivity index (χ2v) is 8.32. The van der Waals surface area contributed by atoms with E-state index >= 15 is 0 Å². The van der Waals surface area contributed by atoms with Gasteiger partial charge in [0.2, 0.25) is 5.91 Å². The number of anilines is 1. The lowest BCUT2D eigenvalue weighted by atomic mass is 10.1. The van der Waals surface area contributed by atoms with Gasteiger partial charge in [-0.25, -0.2) is 0 Å². The van der Waals surface area contributed by atoms with Gasteiger partial charge >= 0.3 is 0 Å². The molecule has 1 N–H and O–H groups in total. The molecule has 0 saturated heterocycles. The van der Waals surface area contributed by atoms with Crippen molar-refractivity contribution in [3.63, 3.8) is 0 Å². The smallest absolute Gasteiger partial charge is 0.234 e. The maximum atomic E-state index is 12.5. The van der Waals surface area contributed by atoms with Gasteiger partial charge in [0.15, 0.2) is 5.16 Å². The molecule has 0 spiro atoms. The molecule has 3 aromatic carbocycles. The van der Waals surface area contributed by atoms with Crippen molar-refractivity contribution in [1.29, 1.82) is 0 Å². The minimum atomic E-state index is -0.129. The largest absolute Gasteiger partial charge is 0.497 e. The molecule has 4 rings (SSSR count).